The van der Waals surface area contributed by atoms with Crippen LogP contribution in [0.5, 0.6) is 0 Å². The molecular weight excluding hydrogens is 430 g/mol. The zero-order valence-corrected chi connectivity index (χ0v) is 17.4. The molecule has 11 nitrogen and oxygen atoms in total. The van der Waals surface area contributed by atoms with Crippen molar-refractivity contribution >= 4 is 35.0 Å². The van der Waals surface area contributed by atoms with Crippen LogP contribution in [0.2, 0.25) is 0 Å². The molecule has 0 spiro atoms. The highest BCUT2D eigenvalue weighted by Crippen LogP contribution is 2.27. The van der Waals surface area contributed by atoms with Crippen LogP contribution in [-0.2, 0) is 16.1 Å². The van der Waals surface area contributed by atoms with E-state index in [1.807, 2.05) is 0 Å². The van der Waals surface area contributed by atoms with E-state index in [2.05, 4.69) is 10.6 Å². The van der Waals surface area contributed by atoms with E-state index in [0.717, 1.165) is 16.5 Å². The standard InChI is InChI=1S/C22H19N5O6/c23-9-8-20(29)25-15-4-1-3-14(11-15)13-24-19(28)5-2-10-26-21(30)17-7-6-16(27(32)33)12-18(17)22(26)31/h1,3-4,6-7,11-12H,2,5,8,10,13H2,(H,24,28)(H,25,29). The zero-order chi connectivity index (χ0) is 24.0. The number of non-ortho nitro benzene ring substituents is 1. The first-order valence-electron chi connectivity index (χ1n) is 9.97. The summed E-state index contributed by atoms with van der Waals surface area (Å²) in [6.07, 6.45) is 0.0285. The minimum atomic E-state index is -0.638. The molecule has 0 unspecified atom stereocenters. The summed E-state index contributed by atoms with van der Waals surface area (Å²) in [6, 6.07) is 12.1. The second-order valence-corrected chi connectivity index (χ2v) is 7.21. The van der Waals surface area contributed by atoms with Gasteiger partial charge in [0, 0.05) is 37.3 Å². The van der Waals surface area contributed by atoms with Crippen molar-refractivity contribution in [3.05, 3.63) is 69.3 Å². The SMILES string of the molecule is N#CCC(=O)Nc1cccc(CNC(=O)CCCN2C(=O)c3ccc([N+](=O)[O-])cc3C2=O)c1. The van der Waals surface area contributed by atoms with E-state index < -0.39 is 22.6 Å². The highest BCUT2D eigenvalue weighted by Gasteiger charge is 2.36. The summed E-state index contributed by atoms with van der Waals surface area (Å²) in [6.45, 7) is 0.214. The monoisotopic (exact) mass is 449 g/mol. The second kappa shape index (κ2) is 10.1. The number of anilines is 1. The first kappa shape index (κ1) is 23.1. The number of rotatable bonds is 9. The maximum atomic E-state index is 12.5. The fourth-order valence-corrected chi connectivity index (χ4v) is 3.32. The molecule has 0 fully saturated rings. The first-order chi connectivity index (χ1) is 15.8. The van der Waals surface area contributed by atoms with Crippen LogP contribution in [0.1, 0.15) is 45.5 Å². The van der Waals surface area contributed by atoms with Crippen LogP contribution >= 0.6 is 0 Å². The third-order valence-corrected chi connectivity index (χ3v) is 4.89. The predicted molar refractivity (Wildman–Crippen MR) is 115 cm³/mol. The molecule has 0 aliphatic carbocycles. The maximum Gasteiger partial charge on any atom is 0.270 e. The van der Waals surface area contributed by atoms with Gasteiger partial charge < -0.3 is 10.6 Å². The Morgan fingerprint density at radius 2 is 1.82 bits per heavy atom. The highest BCUT2D eigenvalue weighted by atomic mass is 16.6. The lowest BCUT2D eigenvalue weighted by Crippen LogP contribution is -2.32. The third-order valence-electron chi connectivity index (χ3n) is 4.89. The van der Waals surface area contributed by atoms with Gasteiger partial charge in [-0.2, -0.15) is 5.26 Å². The second-order valence-electron chi connectivity index (χ2n) is 7.21. The van der Waals surface area contributed by atoms with E-state index in [1.165, 1.54) is 12.1 Å². The number of nitro groups is 1. The van der Waals surface area contributed by atoms with Crippen molar-refractivity contribution in [2.75, 3.05) is 11.9 Å². The number of nitriles is 1. The normalized spacial score (nSPS) is 12.2. The number of fused-ring (bicyclic) bond motifs is 1. The van der Waals surface area contributed by atoms with Crippen molar-refractivity contribution < 1.29 is 24.1 Å². The summed E-state index contributed by atoms with van der Waals surface area (Å²) in [5, 5.41) is 24.7. The van der Waals surface area contributed by atoms with Gasteiger partial charge in [0.05, 0.1) is 22.1 Å². The number of carbonyl (C=O) groups excluding carboxylic acids is 4. The third kappa shape index (κ3) is 5.56. The van der Waals surface area contributed by atoms with Crippen LogP contribution < -0.4 is 10.6 Å². The fourth-order valence-electron chi connectivity index (χ4n) is 3.32. The topological polar surface area (TPSA) is 163 Å². The van der Waals surface area contributed by atoms with Crippen molar-refractivity contribution in [1.29, 1.82) is 5.26 Å². The van der Waals surface area contributed by atoms with Crippen molar-refractivity contribution in [2.45, 2.75) is 25.8 Å². The Hall–Kier alpha value is -4.59. The Morgan fingerprint density at radius 3 is 2.55 bits per heavy atom. The van der Waals surface area contributed by atoms with Crippen molar-refractivity contribution in [1.82, 2.24) is 10.2 Å². The molecule has 0 radical (unpaired) electrons. The summed E-state index contributed by atoms with van der Waals surface area (Å²) in [5.41, 5.74) is 1.06. The van der Waals surface area contributed by atoms with Gasteiger partial charge in [0.15, 0.2) is 0 Å². The Balaban J connectivity index is 1.48. The molecule has 11 heteroatoms. The van der Waals surface area contributed by atoms with Gasteiger partial charge in [0.1, 0.15) is 6.42 Å². The summed E-state index contributed by atoms with van der Waals surface area (Å²) in [7, 11) is 0. The zero-order valence-electron chi connectivity index (χ0n) is 17.4. The molecular formula is C22H19N5O6. The van der Waals surface area contributed by atoms with Crippen molar-refractivity contribution in [3.63, 3.8) is 0 Å². The number of carbonyl (C=O) groups is 4. The average molecular weight is 449 g/mol. The number of hydrogen-bond donors (Lipinski definition) is 2. The van der Waals surface area contributed by atoms with E-state index in [0.29, 0.717) is 5.69 Å². The summed E-state index contributed by atoms with van der Waals surface area (Å²) in [4.78, 5) is 59.8. The molecule has 33 heavy (non-hydrogen) atoms. The van der Waals surface area contributed by atoms with Gasteiger partial charge in [-0.1, -0.05) is 12.1 Å². The number of nitrogens with zero attached hydrogens (tertiary/aromatic N) is 3. The van der Waals surface area contributed by atoms with E-state index in [4.69, 9.17) is 5.26 Å². The van der Waals surface area contributed by atoms with E-state index in [9.17, 15) is 29.3 Å². The Labute approximate surface area is 188 Å². The van der Waals surface area contributed by atoms with E-state index >= 15 is 0 Å². The molecule has 0 atom stereocenters. The van der Waals surface area contributed by atoms with Crippen molar-refractivity contribution in [2.24, 2.45) is 0 Å². The Bertz CT molecular complexity index is 1190. The van der Waals surface area contributed by atoms with Gasteiger partial charge in [-0.15, -0.1) is 0 Å². The van der Waals surface area contributed by atoms with Crippen LogP contribution in [-0.4, -0.2) is 40.0 Å². The van der Waals surface area contributed by atoms with E-state index in [-0.39, 0.29) is 55.1 Å². The number of nitro benzene ring substituents is 1. The molecule has 2 N–H and O–H groups in total. The van der Waals surface area contributed by atoms with Crippen LogP contribution in [0.15, 0.2) is 42.5 Å². The first-order valence-corrected chi connectivity index (χ1v) is 9.97. The number of amides is 4. The molecule has 4 amide bonds. The molecule has 1 aliphatic heterocycles. The molecule has 0 saturated carbocycles. The Morgan fingerprint density at radius 1 is 1.06 bits per heavy atom. The van der Waals surface area contributed by atoms with Crippen LogP contribution in [0.25, 0.3) is 0 Å². The van der Waals surface area contributed by atoms with E-state index in [1.54, 1.807) is 30.3 Å². The van der Waals surface area contributed by atoms with Crippen LogP contribution in [0, 0.1) is 21.4 Å². The number of hydrogen-bond acceptors (Lipinski definition) is 7. The lowest BCUT2D eigenvalue weighted by atomic mass is 10.1. The van der Waals surface area contributed by atoms with Crippen LogP contribution in [0.3, 0.4) is 0 Å². The molecule has 168 valence electrons. The minimum Gasteiger partial charge on any atom is -0.352 e. The van der Waals surface area contributed by atoms with Crippen LogP contribution in [0.4, 0.5) is 11.4 Å². The lowest BCUT2D eigenvalue weighted by Gasteiger charge is -2.13. The molecule has 0 saturated heterocycles. The van der Waals surface area contributed by atoms with Gasteiger partial charge in [-0.05, 0) is 30.2 Å². The molecule has 1 heterocycles. The van der Waals surface area contributed by atoms with Gasteiger partial charge in [0.2, 0.25) is 11.8 Å². The molecule has 1 aliphatic rings. The highest BCUT2D eigenvalue weighted by molar-refractivity contribution is 6.21. The van der Waals surface area contributed by atoms with Crippen molar-refractivity contribution in [3.8, 4) is 6.07 Å². The molecule has 2 aromatic rings. The minimum absolute atomic E-state index is 0.00791. The number of nitrogens with one attached hydrogen (secondary N) is 2. The van der Waals surface area contributed by atoms with Gasteiger partial charge in [0.25, 0.3) is 17.5 Å². The predicted octanol–water partition coefficient (Wildman–Crippen LogP) is 2.14. The quantitative estimate of drug-likeness (QED) is 0.336. The average Bonchev–Trinajstić information content (AvgIpc) is 3.02. The Kier molecular flexibility index (Phi) is 7.10. The lowest BCUT2D eigenvalue weighted by molar-refractivity contribution is -0.384. The summed E-state index contributed by atoms with van der Waals surface area (Å²) < 4.78 is 0. The summed E-state index contributed by atoms with van der Waals surface area (Å²) in [5.74, 6) is -1.88. The maximum absolute atomic E-state index is 12.5. The van der Waals surface area contributed by atoms with Gasteiger partial charge in [-0.25, -0.2) is 0 Å². The molecule has 0 bridgehead atoms. The van der Waals surface area contributed by atoms with Gasteiger partial charge >= 0.3 is 0 Å². The smallest absolute Gasteiger partial charge is 0.270 e. The fraction of sp³-hybridized carbons (Fsp3) is 0.227. The largest absolute Gasteiger partial charge is 0.352 e. The number of benzene rings is 2. The molecule has 2 aromatic carbocycles. The van der Waals surface area contributed by atoms with Gasteiger partial charge in [-0.3, -0.25) is 34.2 Å². The summed E-state index contributed by atoms with van der Waals surface area (Å²) >= 11 is 0. The number of imide groups is 1. The molecule has 3 rings (SSSR count). The molecule has 0 aromatic heterocycles.